The van der Waals surface area contributed by atoms with Crippen LogP contribution < -0.4 is 5.32 Å². The smallest absolute Gasteiger partial charge is 0.228 e. The molecule has 1 aliphatic rings. The van der Waals surface area contributed by atoms with E-state index < -0.39 is 0 Å². The highest BCUT2D eigenvalue weighted by Crippen LogP contribution is 2.13. The second kappa shape index (κ2) is 7.22. The predicted molar refractivity (Wildman–Crippen MR) is 86.7 cm³/mol. The van der Waals surface area contributed by atoms with Gasteiger partial charge in [-0.2, -0.15) is 5.10 Å². The second-order valence-electron chi connectivity index (χ2n) is 7.24. The van der Waals surface area contributed by atoms with Gasteiger partial charge in [0.15, 0.2) is 5.82 Å². The number of aromatic nitrogens is 3. The zero-order valence-corrected chi connectivity index (χ0v) is 14.3. The molecule has 0 atom stereocenters. The number of hydrogen-bond acceptors (Lipinski definition) is 4. The van der Waals surface area contributed by atoms with Gasteiger partial charge in [0.25, 0.3) is 0 Å². The number of likely N-dealkylation sites (tertiary alicyclic amines) is 1. The van der Waals surface area contributed by atoms with Crippen LogP contribution in [0.3, 0.4) is 0 Å². The highest BCUT2D eigenvalue weighted by molar-refractivity contribution is 5.78. The molecule has 2 rings (SSSR count). The summed E-state index contributed by atoms with van der Waals surface area (Å²) >= 11 is 0. The van der Waals surface area contributed by atoms with Gasteiger partial charge in [-0.15, -0.1) is 0 Å². The molecule has 6 nitrogen and oxygen atoms in total. The first kappa shape index (κ1) is 16.9. The van der Waals surface area contributed by atoms with Crippen molar-refractivity contribution in [3.05, 3.63) is 11.6 Å². The quantitative estimate of drug-likeness (QED) is 0.841. The molecule has 124 valence electrons. The van der Waals surface area contributed by atoms with E-state index in [1.807, 2.05) is 13.8 Å². The molecule has 1 amide bonds. The van der Waals surface area contributed by atoms with E-state index in [0.29, 0.717) is 5.82 Å². The molecule has 6 heteroatoms. The molecule has 1 saturated heterocycles. The van der Waals surface area contributed by atoms with E-state index in [-0.39, 0.29) is 23.8 Å². The third kappa shape index (κ3) is 5.09. The average Bonchev–Trinajstić information content (AvgIpc) is 2.87. The van der Waals surface area contributed by atoms with Gasteiger partial charge in [0.2, 0.25) is 5.91 Å². The highest BCUT2D eigenvalue weighted by atomic mass is 16.1. The van der Waals surface area contributed by atoms with Crippen LogP contribution >= 0.6 is 0 Å². The average molecular weight is 307 g/mol. The number of aromatic amines is 1. The molecular formula is C16H29N5O. The Morgan fingerprint density at radius 2 is 2.00 bits per heavy atom. The van der Waals surface area contributed by atoms with Gasteiger partial charge in [0, 0.05) is 18.0 Å². The zero-order chi connectivity index (χ0) is 16.2. The van der Waals surface area contributed by atoms with Crippen molar-refractivity contribution in [2.75, 3.05) is 19.6 Å². The maximum absolute atomic E-state index is 12.2. The fraction of sp³-hybridized carbons (Fsp3) is 0.812. The summed E-state index contributed by atoms with van der Waals surface area (Å²) in [6.07, 6.45) is 4.11. The van der Waals surface area contributed by atoms with Crippen LogP contribution in [0.5, 0.6) is 0 Å². The Morgan fingerprint density at radius 1 is 1.32 bits per heavy atom. The monoisotopic (exact) mass is 307 g/mol. The number of H-pyrrole nitrogens is 1. The van der Waals surface area contributed by atoms with Crippen molar-refractivity contribution in [1.82, 2.24) is 25.4 Å². The Kier molecular flexibility index (Phi) is 5.56. The summed E-state index contributed by atoms with van der Waals surface area (Å²) in [5.41, 5.74) is -0.227. The van der Waals surface area contributed by atoms with Crippen molar-refractivity contribution in [2.45, 2.75) is 64.8 Å². The van der Waals surface area contributed by atoms with E-state index in [2.05, 4.69) is 39.2 Å². The van der Waals surface area contributed by atoms with E-state index in [9.17, 15) is 4.79 Å². The number of hydrogen-bond donors (Lipinski definition) is 2. The number of piperidine rings is 1. The molecule has 2 N–H and O–H groups in total. The summed E-state index contributed by atoms with van der Waals surface area (Å²) in [5, 5.41) is 10.1. The van der Waals surface area contributed by atoms with Crippen LogP contribution in [0.2, 0.25) is 0 Å². The predicted octanol–water partition coefficient (Wildman–Crippen LogP) is 1.85. The fourth-order valence-electron chi connectivity index (χ4n) is 2.94. The van der Waals surface area contributed by atoms with Crippen LogP contribution in [0.25, 0.3) is 0 Å². The van der Waals surface area contributed by atoms with Crippen LogP contribution in [0, 0.1) is 0 Å². The Morgan fingerprint density at radius 3 is 2.59 bits per heavy atom. The molecule has 1 fully saturated rings. The Bertz CT molecular complexity index is 488. The molecule has 0 spiro atoms. The van der Waals surface area contributed by atoms with Gasteiger partial charge in [-0.25, -0.2) is 4.98 Å². The number of nitrogens with one attached hydrogen (secondary N) is 2. The first-order chi connectivity index (χ1) is 10.4. The van der Waals surface area contributed by atoms with Gasteiger partial charge in [0.1, 0.15) is 5.82 Å². The minimum atomic E-state index is -0.227. The van der Waals surface area contributed by atoms with Crippen molar-refractivity contribution in [3.63, 3.8) is 0 Å². The van der Waals surface area contributed by atoms with Crippen molar-refractivity contribution >= 4 is 5.91 Å². The molecule has 0 radical (unpaired) electrons. The molecule has 0 unspecified atom stereocenters. The summed E-state index contributed by atoms with van der Waals surface area (Å²) in [6, 6.07) is 0. The molecule has 1 aliphatic heterocycles. The molecule has 0 saturated carbocycles. The van der Waals surface area contributed by atoms with Crippen molar-refractivity contribution < 1.29 is 4.79 Å². The van der Waals surface area contributed by atoms with E-state index in [4.69, 9.17) is 0 Å². The fourth-order valence-corrected chi connectivity index (χ4v) is 2.94. The SMILES string of the molecule is CC(C)c1n[nH]c(CC(=O)NC(C)(C)CN2CCCCC2)n1. The van der Waals surface area contributed by atoms with Gasteiger partial charge in [-0.1, -0.05) is 20.3 Å². The third-order valence-electron chi connectivity index (χ3n) is 3.94. The standard InChI is InChI=1S/C16H29N5O/c1-12(2)15-17-13(19-20-15)10-14(22)18-16(3,4)11-21-8-6-5-7-9-21/h12H,5-11H2,1-4H3,(H,18,22)(H,17,19,20). The lowest BCUT2D eigenvalue weighted by atomic mass is 10.0. The number of rotatable bonds is 6. The summed E-state index contributed by atoms with van der Waals surface area (Å²) in [6.45, 7) is 11.4. The molecule has 0 aromatic carbocycles. The van der Waals surface area contributed by atoms with Crippen molar-refractivity contribution in [3.8, 4) is 0 Å². The molecule has 1 aromatic heterocycles. The van der Waals surface area contributed by atoms with Gasteiger partial charge >= 0.3 is 0 Å². The maximum atomic E-state index is 12.2. The Balaban J connectivity index is 1.83. The van der Waals surface area contributed by atoms with Gasteiger partial charge in [0.05, 0.1) is 6.42 Å². The lowest BCUT2D eigenvalue weighted by Gasteiger charge is -2.35. The number of amides is 1. The minimum absolute atomic E-state index is 0.00605. The maximum Gasteiger partial charge on any atom is 0.228 e. The van der Waals surface area contributed by atoms with Crippen molar-refractivity contribution in [2.24, 2.45) is 0 Å². The molecular weight excluding hydrogens is 278 g/mol. The molecule has 0 aliphatic carbocycles. The van der Waals surface area contributed by atoms with E-state index in [0.717, 1.165) is 25.5 Å². The van der Waals surface area contributed by atoms with Crippen molar-refractivity contribution in [1.29, 1.82) is 0 Å². The minimum Gasteiger partial charge on any atom is -0.350 e. The topological polar surface area (TPSA) is 73.9 Å². The summed E-state index contributed by atoms with van der Waals surface area (Å²) in [4.78, 5) is 19.0. The van der Waals surface area contributed by atoms with Crippen LogP contribution in [0.1, 0.15) is 64.5 Å². The Labute approximate surface area is 133 Å². The van der Waals surface area contributed by atoms with E-state index >= 15 is 0 Å². The first-order valence-electron chi connectivity index (χ1n) is 8.30. The zero-order valence-electron chi connectivity index (χ0n) is 14.3. The lowest BCUT2D eigenvalue weighted by molar-refractivity contribution is -0.122. The number of nitrogens with zero attached hydrogens (tertiary/aromatic N) is 3. The number of carbonyl (C=O) groups excluding carboxylic acids is 1. The molecule has 22 heavy (non-hydrogen) atoms. The normalized spacial score (nSPS) is 17.0. The highest BCUT2D eigenvalue weighted by Gasteiger charge is 2.25. The summed E-state index contributed by atoms with van der Waals surface area (Å²) < 4.78 is 0. The van der Waals surface area contributed by atoms with Gasteiger partial charge < -0.3 is 10.2 Å². The van der Waals surface area contributed by atoms with E-state index in [1.165, 1.54) is 19.3 Å². The van der Waals surface area contributed by atoms with Crippen LogP contribution in [0.15, 0.2) is 0 Å². The molecule has 1 aromatic rings. The number of carbonyl (C=O) groups is 1. The third-order valence-corrected chi connectivity index (χ3v) is 3.94. The molecule has 2 heterocycles. The van der Waals surface area contributed by atoms with Crippen LogP contribution in [0.4, 0.5) is 0 Å². The van der Waals surface area contributed by atoms with Gasteiger partial charge in [-0.05, 0) is 39.8 Å². The lowest BCUT2D eigenvalue weighted by Crippen LogP contribution is -2.52. The van der Waals surface area contributed by atoms with E-state index in [1.54, 1.807) is 0 Å². The summed E-state index contributed by atoms with van der Waals surface area (Å²) in [7, 11) is 0. The second-order valence-corrected chi connectivity index (χ2v) is 7.24. The largest absolute Gasteiger partial charge is 0.350 e. The van der Waals surface area contributed by atoms with Crippen LogP contribution in [-0.2, 0) is 11.2 Å². The van der Waals surface area contributed by atoms with Gasteiger partial charge in [-0.3, -0.25) is 9.89 Å². The molecule has 0 bridgehead atoms. The van der Waals surface area contributed by atoms with Crippen LogP contribution in [-0.4, -0.2) is 51.2 Å². The Hall–Kier alpha value is -1.43. The first-order valence-corrected chi connectivity index (χ1v) is 8.30. The summed E-state index contributed by atoms with van der Waals surface area (Å²) in [5.74, 6) is 1.66.